The van der Waals surface area contributed by atoms with Gasteiger partial charge in [0.15, 0.2) is 0 Å². The molecule has 0 aromatic heterocycles. The van der Waals surface area contributed by atoms with E-state index in [4.69, 9.17) is 9.47 Å². The maximum Gasteiger partial charge on any atom is 0.416 e. The molecule has 0 saturated heterocycles. The van der Waals surface area contributed by atoms with Gasteiger partial charge in [-0.2, -0.15) is 13.2 Å². The van der Waals surface area contributed by atoms with Crippen molar-refractivity contribution in [3.63, 3.8) is 0 Å². The zero-order valence-corrected chi connectivity index (χ0v) is 11.2. The Morgan fingerprint density at radius 1 is 1.22 bits per heavy atom. The van der Waals surface area contributed by atoms with E-state index in [0.717, 1.165) is 18.6 Å². The molecule has 2 nitrogen and oxygen atoms in total. The second kappa shape index (κ2) is 5.09. The summed E-state index contributed by atoms with van der Waals surface area (Å²) < 4.78 is 47.9. The Bertz CT molecular complexity index is 405. The molecule has 18 heavy (non-hydrogen) atoms. The van der Waals surface area contributed by atoms with Crippen molar-refractivity contribution in [3.8, 4) is 5.75 Å². The van der Waals surface area contributed by atoms with Gasteiger partial charge in [-0.3, -0.25) is 0 Å². The topological polar surface area (TPSA) is 18.5 Å². The number of methoxy groups -OCH3 is 1. The number of benzene rings is 1. The molecular formula is C12H12BrF3O2. The van der Waals surface area contributed by atoms with E-state index in [1.54, 1.807) is 7.11 Å². The number of ether oxygens (including phenoxy) is 2. The summed E-state index contributed by atoms with van der Waals surface area (Å²) in [6, 6.07) is 4.69. The molecule has 1 aliphatic rings. The van der Waals surface area contributed by atoms with Crippen LogP contribution in [0.2, 0.25) is 0 Å². The Balaban J connectivity index is 1.99. The third kappa shape index (κ3) is 2.80. The van der Waals surface area contributed by atoms with Gasteiger partial charge in [0.05, 0.1) is 5.56 Å². The first-order valence-corrected chi connectivity index (χ1v) is 6.34. The van der Waals surface area contributed by atoms with Gasteiger partial charge in [0.1, 0.15) is 18.0 Å². The Hall–Kier alpha value is -0.750. The summed E-state index contributed by atoms with van der Waals surface area (Å²) in [6.07, 6.45) is -3.71. The Labute approximate surface area is 111 Å². The molecule has 3 atom stereocenters. The van der Waals surface area contributed by atoms with Gasteiger partial charge >= 0.3 is 6.18 Å². The molecule has 1 aromatic carbocycles. The van der Waals surface area contributed by atoms with Crippen molar-refractivity contribution in [2.45, 2.75) is 29.6 Å². The largest absolute Gasteiger partial charge is 0.488 e. The number of halogens is 4. The summed E-state index contributed by atoms with van der Waals surface area (Å²) in [5.74, 6) is 0.425. The molecule has 0 radical (unpaired) electrons. The van der Waals surface area contributed by atoms with Gasteiger partial charge in [0.25, 0.3) is 0 Å². The summed E-state index contributed by atoms with van der Waals surface area (Å²) in [6.45, 7) is 0. The molecular weight excluding hydrogens is 313 g/mol. The molecule has 1 aliphatic carbocycles. The van der Waals surface area contributed by atoms with Gasteiger partial charge in [-0.15, -0.1) is 0 Å². The van der Waals surface area contributed by atoms with Crippen LogP contribution in [0.1, 0.15) is 12.0 Å². The van der Waals surface area contributed by atoms with Crippen molar-refractivity contribution in [3.05, 3.63) is 29.8 Å². The summed E-state index contributed by atoms with van der Waals surface area (Å²) in [5, 5.41) is 0. The quantitative estimate of drug-likeness (QED) is 0.790. The van der Waals surface area contributed by atoms with E-state index in [-0.39, 0.29) is 17.0 Å². The number of rotatable bonds is 3. The number of hydrogen-bond donors (Lipinski definition) is 0. The normalized spacial score (nSPS) is 27.7. The lowest BCUT2D eigenvalue weighted by atomic mass is 9.91. The van der Waals surface area contributed by atoms with Crippen LogP contribution in [0, 0.1) is 0 Å². The Morgan fingerprint density at radius 3 is 2.28 bits per heavy atom. The molecule has 100 valence electrons. The first kappa shape index (κ1) is 13.7. The van der Waals surface area contributed by atoms with Gasteiger partial charge in [0, 0.05) is 18.4 Å². The van der Waals surface area contributed by atoms with Crippen LogP contribution >= 0.6 is 15.9 Å². The summed E-state index contributed by atoms with van der Waals surface area (Å²) in [5.41, 5.74) is -0.676. The predicted octanol–water partition coefficient (Wildman–Crippen LogP) is 3.64. The number of alkyl halides is 4. The fourth-order valence-electron chi connectivity index (χ4n) is 1.84. The van der Waals surface area contributed by atoms with Crippen LogP contribution in [0.15, 0.2) is 24.3 Å². The lowest BCUT2D eigenvalue weighted by Crippen LogP contribution is -2.51. The molecule has 1 fully saturated rings. The van der Waals surface area contributed by atoms with Crippen LogP contribution in [0.5, 0.6) is 5.75 Å². The summed E-state index contributed by atoms with van der Waals surface area (Å²) in [4.78, 5) is 0.238. The Kier molecular flexibility index (Phi) is 3.87. The fourth-order valence-corrected chi connectivity index (χ4v) is 2.76. The van der Waals surface area contributed by atoms with E-state index in [9.17, 15) is 13.2 Å². The summed E-state index contributed by atoms with van der Waals surface area (Å²) >= 11 is 3.42. The third-order valence-electron chi connectivity index (χ3n) is 2.92. The van der Waals surface area contributed by atoms with Crippen LogP contribution in [-0.4, -0.2) is 24.1 Å². The third-order valence-corrected chi connectivity index (χ3v) is 3.82. The van der Waals surface area contributed by atoms with E-state index in [1.165, 1.54) is 12.1 Å². The van der Waals surface area contributed by atoms with Crippen molar-refractivity contribution in [1.82, 2.24) is 0 Å². The highest BCUT2D eigenvalue weighted by molar-refractivity contribution is 9.09. The van der Waals surface area contributed by atoms with Gasteiger partial charge in [-0.05, 0) is 24.3 Å². The zero-order valence-electron chi connectivity index (χ0n) is 9.58. The lowest BCUT2D eigenvalue weighted by Gasteiger charge is -2.40. The van der Waals surface area contributed by atoms with Crippen molar-refractivity contribution < 1.29 is 22.6 Å². The highest BCUT2D eigenvalue weighted by atomic mass is 79.9. The maximum absolute atomic E-state index is 12.4. The highest BCUT2D eigenvalue weighted by Gasteiger charge is 2.41. The van der Waals surface area contributed by atoms with E-state index in [2.05, 4.69) is 15.9 Å². The van der Waals surface area contributed by atoms with Crippen LogP contribution in [0.4, 0.5) is 13.2 Å². The average molecular weight is 325 g/mol. The fraction of sp³-hybridized carbons (Fsp3) is 0.500. The van der Waals surface area contributed by atoms with Gasteiger partial charge in [0.2, 0.25) is 0 Å². The molecule has 6 heteroatoms. The van der Waals surface area contributed by atoms with Crippen LogP contribution in [0.3, 0.4) is 0 Å². The van der Waals surface area contributed by atoms with Crippen LogP contribution < -0.4 is 4.74 Å². The minimum Gasteiger partial charge on any atom is -0.488 e. The van der Waals surface area contributed by atoms with Gasteiger partial charge in [-0.25, -0.2) is 0 Å². The first-order valence-electron chi connectivity index (χ1n) is 5.42. The minimum atomic E-state index is -4.31. The number of hydrogen-bond acceptors (Lipinski definition) is 2. The zero-order chi connectivity index (χ0) is 13.3. The average Bonchev–Trinajstić information content (AvgIpc) is 2.28. The second-order valence-electron chi connectivity index (χ2n) is 4.13. The second-order valence-corrected chi connectivity index (χ2v) is 5.31. The lowest BCUT2D eigenvalue weighted by molar-refractivity contribution is -0.137. The standard InChI is InChI=1S/C12H12BrF3O2/c1-17-11-9(13)6-10(11)18-8-4-2-7(3-5-8)12(14,15)16/h2-5,9-11H,6H2,1H3. The van der Waals surface area contributed by atoms with Crippen molar-refractivity contribution in [2.24, 2.45) is 0 Å². The van der Waals surface area contributed by atoms with Crippen LogP contribution in [0.25, 0.3) is 0 Å². The smallest absolute Gasteiger partial charge is 0.416 e. The van der Waals surface area contributed by atoms with E-state index >= 15 is 0 Å². The molecule has 0 bridgehead atoms. The van der Waals surface area contributed by atoms with E-state index in [0.29, 0.717) is 5.75 Å². The Morgan fingerprint density at radius 2 is 1.83 bits per heavy atom. The molecule has 0 N–H and O–H groups in total. The first-order chi connectivity index (χ1) is 8.41. The molecule has 0 aliphatic heterocycles. The van der Waals surface area contributed by atoms with E-state index in [1.807, 2.05) is 0 Å². The monoisotopic (exact) mass is 324 g/mol. The molecule has 1 saturated carbocycles. The van der Waals surface area contributed by atoms with E-state index < -0.39 is 11.7 Å². The molecule has 2 rings (SSSR count). The molecule has 3 unspecified atom stereocenters. The summed E-state index contributed by atoms with van der Waals surface area (Å²) in [7, 11) is 1.58. The van der Waals surface area contributed by atoms with Crippen LogP contribution in [-0.2, 0) is 10.9 Å². The molecule has 0 heterocycles. The SMILES string of the molecule is COC1C(Br)CC1Oc1ccc(C(F)(F)F)cc1. The predicted molar refractivity (Wildman–Crippen MR) is 64.0 cm³/mol. The van der Waals surface area contributed by atoms with Gasteiger partial charge in [-0.1, -0.05) is 15.9 Å². The maximum atomic E-state index is 12.4. The molecule has 0 spiro atoms. The molecule has 0 amide bonds. The molecule has 1 aromatic rings. The van der Waals surface area contributed by atoms with Gasteiger partial charge < -0.3 is 9.47 Å². The highest BCUT2D eigenvalue weighted by Crippen LogP contribution is 2.35. The van der Waals surface area contributed by atoms with Crippen molar-refractivity contribution >= 4 is 15.9 Å². The van der Waals surface area contributed by atoms with Crippen molar-refractivity contribution in [1.29, 1.82) is 0 Å². The minimum absolute atomic E-state index is 0.0627. The van der Waals surface area contributed by atoms with Crippen molar-refractivity contribution in [2.75, 3.05) is 7.11 Å².